The number of para-hydroxylation sites is 1. The van der Waals surface area contributed by atoms with Crippen LogP contribution in [0.3, 0.4) is 0 Å². The molecule has 0 radical (unpaired) electrons. The van der Waals surface area contributed by atoms with Gasteiger partial charge >= 0.3 is 20.4 Å². The summed E-state index contributed by atoms with van der Waals surface area (Å²) in [7, 11) is 0. The van der Waals surface area contributed by atoms with Crippen LogP contribution in [-0.4, -0.2) is 19.3 Å². The third-order valence-corrected chi connectivity index (χ3v) is 8.77. The Kier molecular flexibility index (Phi) is 9.14. The summed E-state index contributed by atoms with van der Waals surface area (Å²) in [6.07, 6.45) is 4.42. The number of hydrogen-bond acceptors (Lipinski definition) is 3. The van der Waals surface area contributed by atoms with Gasteiger partial charge in [-0.2, -0.15) is 17.2 Å². The van der Waals surface area contributed by atoms with Gasteiger partial charge in [0, 0.05) is 40.5 Å². The van der Waals surface area contributed by atoms with Gasteiger partial charge in [-0.3, -0.25) is 4.68 Å². The number of ether oxygens (including phenoxy) is 1. The van der Waals surface area contributed by atoms with Crippen LogP contribution in [0.4, 0.5) is 4.39 Å². The maximum Gasteiger partial charge on any atom is 2.00 e. The van der Waals surface area contributed by atoms with Crippen LogP contribution < -0.4 is 4.74 Å². The summed E-state index contributed by atoms with van der Waals surface area (Å²) in [5.74, 6) is 1.20. The van der Waals surface area contributed by atoms with Crippen LogP contribution in [0.5, 0.6) is 11.5 Å². The van der Waals surface area contributed by atoms with Gasteiger partial charge < -0.3 is 9.30 Å². The summed E-state index contributed by atoms with van der Waals surface area (Å²) >= 11 is 0. The predicted molar refractivity (Wildman–Crippen MR) is 183 cm³/mol. The molecule has 0 saturated carbocycles. The van der Waals surface area contributed by atoms with E-state index < -0.39 is 0 Å². The molecule has 0 aliphatic carbocycles. The molecule has 4 aromatic carbocycles. The molecular formula is C40H35FN4OPd. The van der Waals surface area contributed by atoms with Crippen LogP contribution in [-0.2, 0) is 39.7 Å². The first kappa shape index (κ1) is 32.4. The van der Waals surface area contributed by atoms with Crippen LogP contribution in [0.15, 0.2) is 85.1 Å². The van der Waals surface area contributed by atoms with Gasteiger partial charge in [-0.1, -0.05) is 56.6 Å². The van der Waals surface area contributed by atoms with Crippen molar-refractivity contribution in [2.75, 3.05) is 0 Å². The van der Waals surface area contributed by atoms with E-state index in [0.717, 1.165) is 58.1 Å². The summed E-state index contributed by atoms with van der Waals surface area (Å²) in [5.41, 5.74) is 11.1. The normalized spacial score (nSPS) is 11.3. The summed E-state index contributed by atoms with van der Waals surface area (Å²) in [6, 6.07) is 32.1. The van der Waals surface area contributed by atoms with E-state index in [1.807, 2.05) is 63.8 Å². The molecule has 5 nitrogen and oxygen atoms in total. The van der Waals surface area contributed by atoms with E-state index in [2.05, 4.69) is 63.9 Å². The molecule has 0 atom stereocenters. The third-order valence-electron chi connectivity index (χ3n) is 8.77. The zero-order valence-corrected chi connectivity index (χ0v) is 28.7. The molecule has 3 heterocycles. The van der Waals surface area contributed by atoms with E-state index in [9.17, 15) is 4.39 Å². The van der Waals surface area contributed by atoms with Crippen molar-refractivity contribution in [1.29, 1.82) is 0 Å². The van der Waals surface area contributed by atoms with Crippen LogP contribution in [0.1, 0.15) is 48.8 Å². The van der Waals surface area contributed by atoms with E-state index in [0.29, 0.717) is 17.3 Å². The zero-order chi connectivity index (χ0) is 31.9. The Balaban J connectivity index is 0.00000386. The summed E-state index contributed by atoms with van der Waals surface area (Å²) in [6.45, 7) is 10.9. The van der Waals surface area contributed by atoms with E-state index >= 15 is 0 Å². The molecule has 3 aromatic heterocycles. The van der Waals surface area contributed by atoms with E-state index in [4.69, 9.17) is 9.84 Å². The first-order chi connectivity index (χ1) is 22.4. The second-order valence-corrected chi connectivity index (χ2v) is 11.6. The maximum absolute atomic E-state index is 14.3. The maximum atomic E-state index is 14.3. The monoisotopic (exact) mass is 712 g/mol. The van der Waals surface area contributed by atoms with Crippen molar-refractivity contribution in [2.45, 2.75) is 53.9 Å². The van der Waals surface area contributed by atoms with Gasteiger partial charge in [0.05, 0.1) is 5.69 Å². The van der Waals surface area contributed by atoms with Crippen LogP contribution in [0.25, 0.3) is 44.4 Å². The van der Waals surface area contributed by atoms with Crippen molar-refractivity contribution < 1.29 is 29.6 Å². The van der Waals surface area contributed by atoms with Crippen molar-refractivity contribution in [3.63, 3.8) is 0 Å². The number of halogens is 1. The minimum absolute atomic E-state index is 0. The Hall–Kier alpha value is -4.57. The van der Waals surface area contributed by atoms with Crippen molar-refractivity contribution in [1.82, 2.24) is 19.3 Å². The number of nitrogens with zero attached hydrogens (tertiary/aromatic N) is 4. The van der Waals surface area contributed by atoms with Gasteiger partial charge in [0.2, 0.25) is 0 Å². The quantitative estimate of drug-likeness (QED) is 0.116. The molecule has 0 fully saturated rings. The van der Waals surface area contributed by atoms with Gasteiger partial charge in [0.25, 0.3) is 0 Å². The zero-order valence-electron chi connectivity index (χ0n) is 27.1. The molecule has 0 aliphatic rings. The Labute approximate surface area is 288 Å². The van der Waals surface area contributed by atoms with Gasteiger partial charge in [-0.25, -0.2) is 9.37 Å². The van der Waals surface area contributed by atoms with Gasteiger partial charge in [-0.05, 0) is 78.6 Å². The van der Waals surface area contributed by atoms with Crippen molar-refractivity contribution in [3.8, 4) is 34.1 Å². The molecule has 47 heavy (non-hydrogen) atoms. The van der Waals surface area contributed by atoms with Gasteiger partial charge in [0.1, 0.15) is 11.6 Å². The number of benzene rings is 4. The van der Waals surface area contributed by atoms with Crippen LogP contribution >= 0.6 is 0 Å². The summed E-state index contributed by atoms with van der Waals surface area (Å²) in [5, 5.41) is 7.01. The fourth-order valence-electron chi connectivity index (χ4n) is 6.59. The molecule has 0 saturated heterocycles. The van der Waals surface area contributed by atoms with E-state index in [-0.39, 0.29) is 26.2 Å². The average molecular weight is 713 g/mol. The number of aromatic nitrogens is 4. The molecule has 0 spiro atoms. The fourth-order valence-corrected chi connectivity index (χ4v) is 6.59. The largest absolute Gasteiger partial charge is 2.00 e. The molecule has 7 rings (SSSR count). The van der Waals surface area contributed by atoms with E-state index in [1.54, 1.807) is 0 Å². The number of fused-ring (bicyclic) bond motifs is 3. The number of hydrogen-bond donors (Lipinski definition) is 0. The topological polar surface area (TPSA) is 44.9 Å². The van der Waals surface area contributed by atoms with Crippen LogP contribution in [0, 0.1) is 31.8 Å². The smallest absolute Gasteiger partial charge is 0.509 e. The fraction of sp³-hybridized carbons (Fsp3) is 0.200. The third kappa shape index (κ3) is 5.80. The van der Waals surface area contributed by atoms with E-state index in [1.165, 1.54) is 46.1 Å². The van der Waals surface area contributed by atoms with Gasteiger partial charge in [-0.15, -0.1) is 35.7 Å². The SMILES string of the molecule is CCc1cc(CC)c(-c2c(C)nn(-c3[c-]c(Oc4[c-]c5c(cc4)c4ccccc4n5-c4cc(F)ccn4)ccc3)c2C)c(CC)c1.[Pd+2]. The Morgan fingerprint density at radius 1 is 0.766 bits per heavy atom. The Bertz CT molecular complexity index is 2220. The molecule has 238 valence electrons. The number of pyridine rings is 1. The number of rotatable bonds is 8. The average Bonchev–Trinajstić information content (AvgIpc) is 3.56. The second kappa shape index (κ2) is 13.3. The predicted octanol–water partition coefficient (Wildman–Crippen LogP) is 9.86. The van der Waals surface area contributed by atoms with Crippen molar-refractivity contribution >= 4 is 21.8 Å². The molecule has 0 aliphatic heterocycles. The van der Waals surface area contributed by atoms with Crippen molar-refractivity contribution in [2.24, 2.45) is 0 Å². The Morgan fingerprint density at radius 3 is 2.23 bits per heavy atom. The molecule has 0 N–H and O–H groups in total. The minimum atomic E-state index is -0.350. The van der Waals surface area contributed by atoms with Crippen molar-refractivity contribution in [3.05, 3.63) is 131 Å². The molecule has 7 heteroatoms. The Morgan fingerprint density at radius 2 is 1.51 bits per heavy atom. The first-order valence-electron chi connectivity index (χ1n) is 15.9. The summed E-state index contributed by atoms with van der Waals surface area (Å²) in [4.78, 5) is 4.46. The number of aryl methyl sites for hydroxylation is 4. The van der Waals surface area contributed by atoms with Crippen LogP contribution in [0.2, 0.25) is 0 Å². The molecule has 0 bridgehead atoms. The van der Waals surface area contributed by atoms with Gasteiger partial charge in [0.15, 0.2) is 0 Å². The standard InChI is InChI=1S/C40H35FN4O.Pd/c1-6-27-20-28(7-2)40(29(8-3)21-27)39-25(4)43-45(26(39)5)31-12-11-13-32(23-31)46-33-16-17-35-34-14-9-10-15-36(34)44(37(35)24-33)38-22-30(41)18-19-42-38;/h9-22H,6-8H2,1-5H3;/q-2;+2. The molecule has 7 aromatic rings. The minimum Gasteiger partial charge on any atom is -0.509 e. The molecule has 0 amide bonds. The summed E-state index contributed by atoms with van der Waals surface area (Å²) < 4.78 is 24.5. The molecule has 0 unspecified atom stereocenters. The first-order valence-corrected chi connectivity index (χ1v) is 15.9. The second-order valence-electron chi connectivity index (χ2n) is 11.6. The molecular weight excluding hydrogens is 678 g/mol.